The van der Waals surface area contributed by atoms with E-state index >= 15 is 0 Å². The first-order valence-corrected chi connectivity index (χ1v) is 10.3. The highest BCUT2D eigenvalue weighted by Gasteiger charge is 2.39. The smallest absolute Gasteiger partial charge is 0.312 e. The number of hydrogen-bond donors (Lipinski definition) is 2. The summed E-state index contributed by atoms with van der Waals surface area (Å²) >= 11 is 0. The molecule has 0 aliphatic carbocycles. The van der Waals surface area contributed by atoms with Crippen LogP contribution in [0.25, 0.3) is 0 Å². The van der Waals surface area contributed by atoms with Gasteiger partial charge in [-0.15, -0.1) is 0 Å². The van der Waals surface area contributed by atoms with Gasteiger partial charge in [0, 0.05) is 11.8 Å². The zero-order valence-corrected chi connectivity index (χ0v) is 15.5. The number of methoxy groups -OCH3 is 1. The Morgan fingerprint density at radius 3 is 2.30 bits per heavy atom. The van der Waals surface area contributed by atoms with Gasteiger partial charge in [-0.05, 0) is 30.3 Å². The lowest BCUT2D eigenvalue weighted by Crippen LogP contribution is -2.43. The zero-order valence-electron chi connectivity index (χ0n) is 14.5. The van der Waals surface area contributed by atoms with E-state index in [9.17, 15) is 9.59 Å². The maximum atomic E-state index is 11.6. The minimum Gasteiger partial charge on any atom is -0.541 e. The number of carbonyl (C=O) groups excluding carboxylic acids is 1. The van der Waals surface area contributed by atoms with Crippen molar-refractivity contribution >= 4 is 25.9 Å². The Balaban J connectivity index is 3.04. The van der Waals surface area contributed by atoms with Gasteiger partial charge in [0.25, 0.3) is 8.32 Å². The molecule has 0 radical (unpaired) electrons. The quantitative estimate of drug-likeness (QED) is 0.612. The third-order valence-corrected chi connectivity index (χ3v) is 8.27. The molecule has 0 atom stereocenters. The minimum absolute atomic E-state index is 0.0145. The molecule has 6 nitrogen and oxygen atoms in total. The number of rotatable bonds is 6. The fourth-order valence-electron chi connectivity index (χ4n) is 1.60. The van der Waals surface area contributed by atoms with Crippen molar-refractivity contribution in [2.45, 2.75) is 45.3 Å². The van der Waals surface area contributed by atoms with Crippen molar-refractivity contribution in [1.82, 2.24) is 0 Å². The molecular weight excluding hydrogens is 314 g/mol. The number of carboxylic acids is 1. The zero-order chi connectivity index (χ0) is 17.8. The molecule has 2 N–H and O–H groups in total. The van der Waals surface area contributed by atoms with Gasteiger partial charge in [0.15, 0.2) is 5.75 Å². The van der Waals surface area contributed by atoms with Crippen molar-refractivity contribution in [2.24, 2.45) is 0 Å². The molecule has 1 amide bonds. The summed E-state index contributed by atoms with van der Waals surface area (Å²) in [5.74, 6) is -0.632. The Morgan fingerprint density at radius 1 is 1.22 bits per heavy atom. The summed E-state index contributed by atoms with van der Waals surface area (Å²) in [6.45, 7) is 10.6. The third-order valence-electron chi connectivity index (χ3n) is 3.93. The van der Waals surface area contributed by atoms with E-state index in [1.54, 1.807) is 25.3 Å². The second kappa shape index (κ2) is 7.04. The molecule has 1 aromatic rings. The Kier molecular flexibility index (Phi) is 5.82. The molecule has 128 valence electrons. The van der Waals surface area contributed by atoms with Crippen LogP contribution >= 0.6 is 0 Å². The predicted octanol–water partition coefficient (Wildman–Crippen LogP) is 3.49. The van der Waals surface area contributed by atoms with Gasteiger partial charge in [-0.25, -0.2) is 0 Å². The van der Waals surface area contributed by atoms with Gasteiger partial charge in [-0.3, -0.25) is 9.59 Å². The highest BCUT2D eigenvalue weighted by molar-refractivity contribution is 6.74. The molecule has 0 heterocycles. The molecule has 0 saturated carbocycles. The number of carbonyl (C=O) groups is 2. The van der Waals surface area contributed by atoms with Crippen LogP contribution in [0, 0.1) is 0 Å². The maximum Gasteiger partial charge on any atom is 0.312 e. The van der Waals surface area contributed by atoms with E-state index in [1.807, 2.05) is 0 Å². The SMILES string of the molecule is COc1ccc(NC(=O)CC(=O)O)cc1O[Si](C)(C)C(C)(C)C. The van der Waals surface area contributed by atoms with Crippen LogP contribution in [0.5, 0.6) is 11.5 Å². The van der Waals surface area contributed by atoms with E-state index in [2.05, 4.69) is 39.2 Å². The van der Waals surface area contributed by atoms with Gasteiger partial charge < -0.3 is 19.6 Å². The van der Waals surface area contributed by atoms with Gasteiger partial charge in [0.1, 0.15) is 12.2 Å². The normalized spacial score (nSPS) is 11.7. The second-order valence-corrected chi connectivity index (χ2v) is 11.6. The number of ether oxygens (including phenoxy) is 1. The van der Waals surface area contributed by atoms with Crippen molar-refractivity contribution < 1.29 is 23.9 Å². The molecule has 0 aromatic heterocycles. The summed E-state index contributed by atoms with van der Waals surface area (Å²) in [4.78, 5) is 22.1. The average molecular weight is 339 g/mol. The molecule has 1 aromatic carbocycles. The molecule has 1 rings (SSSR count). The Morgan fingerprint density at radius 2 is 1.83 bits per heavy atom. The van der Waals surface area contributed by atoms with Crippen LogP contribution in [0.4, 0.5) is 5.69 Å². The number of nitrogens with one attached hydrogen (secondary N) is 1. The Hall–Kier alpha value is -2.02. The van der Waals surface area contributed by atoms with Gasteiger partial charge in [-0.1, -0.05) is 20.8 Å². The number of carboxylic acid groups (broad SMARTS) is 1. The van der Waals surface area contributed by atoms with Crippen LogP contribution < -0.4 is 14.5 Å². The fourth-order valence-corrected chi connectivity index (χ4v) is 2.62. The monoisotopic (exact) mass is 339 g/mol. The van der Waals surface area contributed by atoms with Crippen molar-refractivity contribution in [1.29, 1.82) is 0 Å². The summed E-state index contributed by atoms with van der Waals surface area (Å²) in [6.07, 6.45) is -0.579. The molecule has 0 fully saturated rings. The number of anilines is 1. The molecule has 0 aliphatic rings. The number of aliphatic carboxylic acids is 1. The van der Waals surface area contributed by atoms with E-state index < -0.39 is 26.6 Å². The molecule has 0 aliphatic heterocycles. The highest BCUT2D eigenvalue weighted by Crippen LogP contribution is 2.40. The third kappa shape index (κ3) is 5.28. The molecular formula is C16H25NO5Si. The largest absolute Gasteiger partial charge is 0.541 e. The average Bonchev–Trinajstić information content (AvgIpc) is 2.36. The lowest BCUT2D eigenvalue weighted by molar-refractivity contribution is -0.139. The van der Waals surface area contributed by atoms with Crippen LogP contribution in [0.1, 0.15) is 27.2 Å². The van der Waals surface area contributed by atoms with Crippen molar-refractivity contribution in [3.05, 3.63) is 18.2 Å². The number of amides is 1. The number of hydrogen-bond acceptors (Lipinski definition) is 4. The molecule has 0 saturated heterocycles. The van der Waals surface area contributed by atoms with E-state index in [4.69, 9.17) is 14.3 Å². The van der Waals surface area contributed by atoms with Crippen LogP contribution in [0.2, 0.25) is 18.1 Å². The molecule has 0 unspecified atom stereocenters. The molecule has 7 heteroatoms. The number of benzene rings is 1. The topological polar surface area (TPSA) is 84.9 Å². The van der Waals surface area contributed by atoms with Gasteiger partial charge in [0.05, 0.1) is 7.11 Å². The minimum atomic E-state index is -2.07. The first-order valence-electron chi connectivity index (χ1n) is 7.35. The van der Waals surface area contributed by atoms with Gasteiger partial charge in [-0.2, -0.15) is 0 Å². The lowest BCUT2D eigenvalue weighted by Gasteiger charge is -2.36. The predicted molar refractivity (Wildman–Crippen MR) is 91.7 cm³/mol. The van der Waals surface area contributed by atoms with E-state index in [-0.39, 0.29) is 5.04 Å². The lowest BCUT2D eigenvalue weighted by atomic mass is 10.2. The van der Waals surface area contributed by atoms with Gasteiger partial charge in [0.2, 0.25) is 5.91 Å². The molecule has 23 heavy (non-hydrogen) atoms. The first kappa shape index (κ1) is 19.0. The summed E-state index contributed by atoms with van der Waals surface area (Å²) in [5.41, 5.74) is 0.478. The maximum absolute atomic E-state index is 11.6. The molecule has 0 spiro atoms. The van der Waals surface area contributed by atoms with Crippen LogP contribution in [0.3, 0.4) is 0 Å². The first-order chi connectivity index (χ1) is 10.5. The fraction of sp³-hybridized carbons (Fsp3) is 0.500. The summed E-state index contributed by atoms with van der Waals surface area (Å²) in [5, 5.41) is 11.2. The van der Waals surface area contributed by atoms with Crippen molar-refractivity contribution in [3.8, 4) is 11.5 Å². The van der Waals surface area contributed by atoms with Crippen LogP contribution in [0.15, 0.2) is 18.2 Å². The summed E-state index contributed by atoms with van der Waals surface area (Å²) in [7, 11) is -0.517. The van der Waals surface area contributed by atoms with Crippen molar-refractivity contribution in [3.63, 3.8) is 0 Å². The van der Waals surface area contributed by atoms with Gasteiger partial charge >= 0.3 is 5.97 Å². The summed E-state index contributed by atoms with van der Waals surface area (Å²) < 4.78 is 11.6. The van der Waals surface area contributed by atoms with E-state index in [0.717, 1.165) is 0 Å². The van der Waals surface area contributed by atoms with Crippen molar-refractivity contribution in [2.75, 3.05) is 12.4 Å². The Labute approximate surface area is 137 Å². The summed E-state index contributed by atoms with van der Waals surface area (Å²) in [6, 6.07) is 5.01. The second-order valence-electron chi connectivity index (χ2n) is 6.85. The highest BCUT2D eigenvalue weighted by atomic mass is 28.4. The van der Waals surface area contributed by atoms with E-state index in [0.29, 0.717) is 17.2 Å². The standard InChI is InChI=1S/C16H25NO5Si/c1-16(2,3)23(5,6)22-13-9-11(7-8-12(13)21-4)17-14(18)10-15(19)20/h7-9H,10H2,1-6H3,(H,17,18)(H,19,20). The Bertz CT molecular complexity index is 593. The van der Waals surface area contributed by atoms with Crippen LogP contribution in [-0.4, -0.2) is 32.4 Å². The van der Waals surface area contributed by atoms with Crippen LogP contribution in [-0.2, 0) is 9.59 Å². The van der Waals surface area contributed by atoms with E-state index in [1.165, 1.54) is 0 Å². The molecule has 0 bridgehead atoms.